The normalized spacial score (nSPS) is 23.2. The second-order valence-electron chi connectivity index (χ2n) is 4.82. The minimum atomic E-state index is -0.947. The van der Waals surface area contributed by atoms with Crippen LogP contribution in [0.5, 0.6) is 0 Å². The predicted octanol–water partition coefficient (Wildman–Crippen LogP) is 2.17. The quantitative estimate of drug-likeness (QED) is 0.871. The first-order valence-corrected chi connectivity index (χ1v) is 7.09. The Kier molecular flexibility index (Phi) is 4.04. The first kappa shape index (κ1) is 13.8. The second-order valence-corrected chi connectivity index (χ2v) is 5.68. The van der Waals surface area contributed by atoms with E-state index in [1.807, 2.05) is 19.2 Å². The van der Waals surface area contributed by atoms with Crippen molar-refractivity contribution in [1.82, 2.24) is 9.88 Å². The summed E-state index contributed by atoms with van der Waals surface area (Å²) in [5.41, 5.74) is 0.835. The molecule has 0 aliphatic carbocycles. The van der Waals surface area contributed by atoms with E-state index in [2.05, 4.69) is 10.3 Å². The number of urea groups is 1. The standard InChI is InChI=1S/C12H17N3O3S/c1-7-4-3-5-15(9(7)10(16)17)12(18)14-11-13-8(2)6-19-11/h6-7,9H,3-5H2,1-2H3,(H,16,17)(H,13,14,18). The Labute approximate surface area is 115 Å². The van der Waals surface area contributed by atoms with Crippen molar-refractivity contribution in [3.05, 3.63) is 11.1 Å². The number of aromatic nitrogens is 1. The van der Waals surface area contributed by atoms with Crippen molar-refractivity contribution in [3.8, 4) is 0 Å². The molecule has 2 unspecified atom stereocenters. The number of aryl methyl sites for hydroxylation is 1. The Bertz CT molecular complexity index is 488. The maximum absolute atomic E-state index is 12.2. The Morgan fingerprint density at radius 1 is 1.58 bits per heavy atom. The lowest BCUT2D eigenvalue weighted by Gasteiger charge is -2.36. The first-order valence-electron chi connectivity index (χ1n) is 6.21. The molecule has 19 heavy (non-hydrogen) atoms. The summed E-state index contributed by atoms with van der Waals surface area (Å²) in [6.07, 6.45) is 1.66. The zero-order chi connectivity index (χ0) is 14.0. The summed E-state index contributed by atoms with van der Waals surface area (Å²) < 4.78 is 0. The summed E-state index contributed by atoms with van der Waals surface area (Å²) in [6.45, 7) is 4.18. The molecule has 104 valence electrons. The van der Waals surface area contributed by atoms with E-state index in [1.165, 1.54) is 16.2 Å². The third-order valence-electron chi connectivity index (χ3n) is 3.28. The number of carbonyl (C=O) groups excluding carboxylic acids is 1. The van der Waals surface area contributed by atoms with Gasteiger partial charge in [-0.15, -0.1) is 11.3 Å². The van der Waals surface area contributed by atoms with Gasteiger partial charge in [0.1, 0.15) is 6.04 Å². The molecular weight excluding hydrogens is 266 g/mol. The molecule has 2 rings (SSSR count). The van der Waals surface area contributed by atoms with E-state index in [0.29, 0.717) is 11.7 Å². The van der Waals surface area contributed by atoms with Gasteiger partial charge in [-0.2, -0.15) is 0 Å². The molecule has 2 atom stereocenters. The zero-order valence-corrected chi connectivity index (χ0v) is 11.7. The van der Waals surface area contributed by atoms with Gasteiger partial charge in [-0.05, 0) is 25.7 Å². The molecule has 1 fully saturated rings. The third kappa shape index (κ3) is 3.04. The number of nitrogens with zero attached hydrogens (tertiary/aromatic N) is 2. The summed E-state index contributed by atoms with van der Waals surface area (Å²) >= 11 is 1.34. The van der Waals surface area contributed by atoms with Gasteiger partial charge in [0.2, 0.25) is 0 Å². The van der Waals surface area contributed by atoms with Crippen LogP contribution >= 0.6 is 11.3 Å². The van der Waals surface area contributed by atoms with E-state index in [0.717, 1.165) is 18.5 Å². The number of anilines is 1. The van der Waals surface area contributed by atoms with Gasteiger partial charge in [0.05, 0.1) is 5.69 Å². The van der Waals surface area contributed by atoms with Crippen molar-refractivity contribution >= 4 is 28.5 Å². The molecule has 1 aliphatic rings. The van der Waals surface area contributed by atoms with Crippen LogP contribution in [-0.2, 0) is 4.79 Å². The minimum absolute atomic E-state index is 0.0324. The topological polar surface area (TPSA) is 82.5 Å². The van der Waals surface area contributed by atoms with Crippen molar-refractivity contribution in [2.75, 3.05) is 11.9 Å². The predicted molar refractivity (Wildman–Crippen MR) is 72.4 cm³/mol. The average Bonchev–Trinajstić information content (AvgIpc) is 2.73. The monoisotopic (exact) mass is 283 g/mol. The van der Waals surface area contributed by atoms with E-state index in [4.69, 9.17) is 0 Å². The van der Waals surface area contributed by atoms with Crippen LogP contribution in [0.25, 0.3) is 0 Å². The molecule has 2 heterocycles. The van der Waals surface area contributed by atoms with Gasteiger partial charge in [0.25, 0.3) is 0 Å². The SMILES string of the molecule is Cc1csc(NC(=O)N2CCCC(C)C2C(=O)O)n1. The van der Waals surface area contributed by atoms with Crippen molar-refractivity contribution < 1.29 is 14.7 Å². The number of piperidine rings is 1. The zero-order valence-electron chi connectivity index (χ0n) is 10.9. The molecule has 0 radical (unpaired) electrons. The number of rotatable bonds is 2. The summed E-state index contributed by atoms with van der Waals surface area (Å²) in [7, 11) is 0. The number of carboxylic acid groups (broad SMARTS) is 1. The summed E-state index contributed by atoms with van der Waals surface area (Å²) in [5, 5.41) is 14.3. The molecule has 2 amide bonds. The van der Waals surface area contributed by atoms with Gasteiger partial charge >= 0.3 is 12.0 Å². The Balaban J connectivity index is 2.09. The maximum atomic E-state index is 12.2. The average molecular weight is 283 g/mol. The smallest absolute Gasteiger partial charge is 0.326 e. The molecule has 0 bridgehead atoms. The molecular formula is C12H17N3O3S. The molecule has 1 aromatic heterocycles. The molecule has 1 saturated heterocycles. The fraction of sp³-hybridized carbons (Fsp3) is 0.583. The maximum Gasteiger partial charge on any atom is 0.326 e. The number of nitrogens with one attached hydrogen (secondary N) is 1. The Morgan fingerprint density at radius 3 is 2.89 bits per heavy atom. The molecule has 0 aromatic carbocycles. The van der Waals surface area contributed by atoms with Crippen molar-refractivity contribution in [2.24, 2.45) is 5.92 Å². The minimum Gasteiger partial charge on any atom is -0.480 e. The number of aliphatic carboxylic acids is 1. The number of likely N-dealkylation sites (tertiary alicyclic amines) is 1. The van der Waals surface area contributed by atoms with E-state index >= 15 is 0 Å². The lowest BCUT2D eigenvalue weighted by Crippen LogP contribution is -2.53. The molecule has 0 spiro atoms. The second kappa shape index (κ2) is 5.56. The fourth-order valence-corrected chi connectivity index (χ4v) is 3.04. The lowest BCUT2D eigenvalue weighted by molar-refractivity contribution is -0.145. The van der Waals surface area contributed by atoms with Gasteiger partial charge in [-0.25, -0.2) is 14.6 Å². The van der Waals surface area contributed by atoms with Gasteiger partial charge in [-0.1, -0.05) is 6.92 Å². The number of carboxylic acids is 1. The van der Waals surface area contributed by atoms with Gasteiger partial charge < -0.3 is 10.0 Å². The summed E-state index contributed by atoms with van der Waals surface area (Å²) in [6, 6.07) is -1.14. The van der Waals surface area contributed by atoms with Crippen molar-refractivity contribution in [3.63, 3.8) is 0 Å². The fourth-order valence-electron chi connectivity index (χ4n) is 2.37. The van der Waals surface area contributed by atoms with Crippen LogP contribution in [0.15, 0.2) is 5.38 Å². The highest BCUT2D eigenvalue weighted by Crippen LogP contribution is 2.25. The Morgan fingerprint density at radius 2 is 2.32 bits per heavy atom. The number of hydrogen-bond acceptors (Lipinski definition) is 4. The molecule has 1 aromatic rings. The largest absolute Gasteiger partial charge is 0.480 e. The molecule has 1 aliphatic heterocycles. The van der Waals surface area contributed by atoms with Crippen LogP contribution in [0.4, 0.5) is 9.93 Å². The molecule has 0 saturated carbocycles. The highest BCUT2D eigenvalue weighted by molar-refractivity contribution is 7.13. The van der Waals surface area contributed by atoms with E-state index < -0.39 is 12.0 Å². The van der Waals surface area contributed by atoms with Gasteiger partial charge in [-0.3, -0.25) is 5.32 Å². The van der Waals surface area contributed by atoms with E-state index in [9.17, 15) is 14.7 Å². The van der Waals surface area contributed by atoms with Crippen molar-refractivity contribution in [1.29, 1.82) is 0 Å². The van der Waals surface area contributed by atoms with Gasteiger partial charge in [0, 0.05) is 11.9 Å². The Hall–Kier alpha value is -1.63. The highest BCUT2D eigenvalue weighted by Gasteiger charge is 2.37. The molecule has 2 N–H and O–H groups in total. The molecule has 7 heteroatoms. The number of amides is 2. The number of hydrogen-bond donors (Lipinski definition) is 2. The third-order valence-corrected chi connectivity index (χ3v) is 4.16. The highest BCUT2D eigenvalue weighted by atomic mass is 32.1. The molecule has 6 nitrogen and oxygen atoms in total. The van der Waals surface area contributed by atoms with Crippen molar-refractivity contribution in [2.45, 2.75) is 32.7 Å². The van der Waals surface area contributed by atoms with E-state index in [-0.39, 0.29) is 11.9 Å². The van der Waals surface area contributed by atoms with Crippen LogP contribution in [-0.4, -0.2) is 39.6 Å². The van der Waals surface area contributed by atoms with E-state index in [1.54, 1.807) is 0 Å². The van der Waals surface area contributed by atoms with Crippen LogP contribution in [0, 0.1) is 12.8 Å². The summed E-state index contributed by atoms with van der Waals surface area (Å²) in [4.78, 5) is 29.0. The van der Waals surface area contributed by atoms with Crippen LogP contribution in [0.1, 0.15) is 25.5 Å². The van der Waals surface area contributed by atoms with Crippen LogP contribution < -0.4 is 5.32 Å². The number of thiazole rings is 1. The van der Waals surface area contributed by atoms with Gasteiger partial charge in [0.15, 0.2) is 5.13 Å². The first-order chi connectivity index (χ1) is 8.99. The van der Waals surface area contributed by atoms with Crippen LogP contribution in [0.2, 0.25) is 0 Å². The number of carbonyl (C=O) groups is 2. The summed E-state index contributed by atoms with van der Waals surface area (Å²) in [5.74, 6) is -0.979. The van der Waals surface area contributed by atoms with Crippen LogP contribution in [0.3, 0.4) is 0 Å². The lowest BCUT2D eigenvalue weighted by atomic mass is 9.91.